The average molecular weight is 537 g/mol. The smallest absolute Gasteiger partial charge is 0.341 e. The number of methoxy groups -OCH3 is 1. The second-order valence-electron chi connectivity index (χ2n) is 11.3. The van der Waals surface area contributed by atoms with Crippen LogP contribution in [0.25, 0.3) is 0 Å². The molecule has 0 radical (unpaired) electrons. The number of hydrogen-bond donors (Lipinski definition) is 2. The lowest BCUT2D eigenvalue weighted by molar-refractivity contribution is -0.119. The molecule has 36 heavy (non-hydrogen) atoms. The molecule has 0 aliphatic heterocycles. The number of hydrogen-bond acceptors (Lipinski definition) is 5. The number of amides is 1. The van der Waals surface area contributed by atoms with E-state index in [1.54, 1.807) is 11.3 Å². The first-order valence-electron chi connectivity index (χ1n) is 14.0. The number of thiocarbonyl (C=S) groups is 1. The maximum Gasteiger partial charge on any atom is 0.341 e. The van der Waals surface area contributed by atoms with Crippen LogP contribution >= 0.6 is 23.6 Å². The lowest BCUT2D eigenvalue weighted by atomic mass is 9.72. The number of nitrogens with one attached hydrogen (secondary N) is 2. The van der Waals surface area contributed by atoms with Gasteiger partial charge in [0, 0.05) is 11.3 Å². The number of carbonyl (C=O) groups excluding carboxylic acids is 2. The summed E-state index contributed by atoms with van der Waals surface area (Å²) >= 11 is 6.98. The summed E-state index contributed by atoms with van der Waals surface area (Å²) in [4.78, 5) is 26.2. The van der Waals surface area contributed by atoms with Gasteiger partial charge in [-0.15, -0.1) is 11.3 Å². The zero-order valence-corrected chi connectivity index (χ0v) is 24.9. The predicted octanol–water partition coefficient (Wildman–Crippen LogP) is 8.20. The highest BCUT2D eigenvalue weighted by Gasteiger charge is 2.34. The molecule has 1 aromatic rings. The van der Waals surface area contributed by atoms with Gasteiger partial charge in [0.25, 0.3) is 0 Å². The van der Waals surface area contributed by atoms with E-state index in [0.717, 1.165) is 37.7 Å². The Hall–Kier alpha value is -1.47. The zero-order valence-electron chi connectivity index (χ0n) is 23.2. The summed E-state index contributed by atoms with van der Waals surface area (Å²) < 4.78 is 5.08. The van der Waals surface area contributed by atoms with Crippen LogP contribution < -0.4 is 10.6 Å². The van der Waals surface area contributed by atoms with Gasteiger partial charge >= 0.3 is 5.97 Å². The molecule has 0 fully saturated rings. The van der Waals surface area contributed by atoms with Gasteiger partial charge < -0.3 is 15.4 Å². The SMILES string of the molecule is CCCCCCCCCCCCCC(=O)NC(=S)Nc1sc2c(c1C(=O)OC)CCC(C(C)(C)C)C2. The van der Waals surface area contributed by atoms with E-state index in [4.69, 9.17) is 17.0 Å². The molecular formula is C29H48N2O3S2. The van der Waals surface area contributed by atoms with Crippen molar-refractivity contribution in [1.82, 2.24) is 5.32 Å². The van der Waals surface area contributed by atoms with Crippen LogP contribution in [0.15, 0.2) is 0 Å². The summed E-state index contributed by atoms with van der Waals surface area (Å²) in [7, 11) is 1.41. The van der Waals surface area contributed by atoms with Gasteiger partial charge in [-0.2, -0.15) is 0 Å². The minimum Gasteiger partial charge on any atom is -0.465 e. The monoisotopic (exact) mass is 536 g/mol. The fourth-order valence-corrected chi connectivity index (χ4v) is 6.60. The van der Waals surface area contributed by atoms with Crippen molar-refractivity contribution in [3.8, 4) is 0 Å². The van der Waals surface area contributed by atoms with Crippen LogP contribution in [0.4, 0.5) is 5.00 Å². The minimum absolute atomic E-state index is 0.0721. The molecule has 1 atom stereocenters. The first-order chi connectivity index (χ1) is 17.2. The van der Waals surface area contributed by atoms with Gasteiger partial charge in [0.1, 0.15) is 5.00 Å². The Morgan fingerprint density at radius 2 is 1.58 bits per heavy atom. The van der Waals surface area contributed by atoms with Crippen LogP contribution in [-0.2, 0) is 22.4 Å². The molecule has 0 saturated carbocycles. The molecule has 1 amide bonds. The van der Waals surface area contributed by atoms with Crippen LogP contribution in [0.1, 0.15) is 132 Å². The van der Waals surface area contributed by atoms with Gasteiger partial charge in [0.05, 0.1) is 12.7 Å². The molecule has 0 bridgehead atoms. The second-order valence-corrected chi connectivity index (χ2v) is 12.8. The molecule has 2 rings (SSSR count). The highest BCUT2D eigenvalue weighted by Crippen LogP contribution is 2.44. The molecule has 1 aromatic heterocycles. The molecule has 2 N–H and O–H groups in total. The Balaban J connectivity index is 1.76. The maximum absolute atomic E-state index is 12.6. The number of esters is 1. The minimum atomic E-state index is -0.348. The van der Waals surface area contributed by atoms with Crippen LogP contribution in [0.2, 0.25) is 0 Å². The van der Waals surface area contributed by atoms with E-state index >= 15 is 0 Å². The quantitative estimate of drug-likeness (QED) is 0.142. The Kier molecular flexibility index (Phi) is 13.4. The Bertz CT molecular complexity index is 857. The molecule has 204 valence electrons. The topological polar surface area (TPSA) is 67.4 Å². The van der Waals surface area contributed by atoms with Crippen molar-refractivity contribution in [1.29, 1.82) is 0 Å². The predicted molar refractivity (Wildman–Crippen MR) is 156 cm³/mol. The van der Waals surface area contributed by atoms with Crippen molar-refractivity contribution < 1.29 is 14.3 Å². The standard InChI is InChI=1S/C29H48N2O3S2/c1-6-7-8-9-10-11-12-13-14-15-16-17-24(32)30-28(35)31-26-25(27(33)34-5)22-19-18-21(29(2,3)4)20-23(22)36-26/h21H,6-20H2,1-5H3,(H2,30,31,32,35). The molecule has 1 aliphatic rings. The number of rotatable bonds is 14. The molecule has 0 aromatic carbocycles. The molecule has 5 nitrogen and oxygen atoms in total. The molecule has 0 saturated heterocycles. The van der Waals surface area contributed by atoms with Gasteiger partial charge in [-0.25, -0.2) is 4.79 Å². The summed E-state index contributed by atoms with van der Waals surface area (Å²) in [6, 6.07) is 0. The molecule has 1 heterocycles. The molecule has 1 unspecified atom stereocenters. The number of thiophene rings is 1. The highest BCUT2D eigenvalue weighted by atomic mass is 32.1. The zero-order chi connectivity index (χ0) is 26.6. The first kappa shape index (κ1) is 30.8. The van der Waals surface area contributed by atoms with Crippen LogP contribution in [0, 0.1) is 11.3 Å². The largest absolute Gasteiger partial charge is 0.465 e. The van der Waals surface area contributed by atoms with E-state index in [1.807, 2.05) is 0 Å². The Morgan fingerprint density at radius 1 is 1.00 bits per heavy atom. The van der Waals surface area contributed by atoms with E-state index < -0.39 is 0 Å². The number of ether oxygens (including phenoxy) is 1. The van der Waals surface area contributed by atoms with Gasteiger partial charge in [0.2, 0.25) is 5.91 Å². The van der Waals surface area contributed by atoms with Crippen LogP contribution in [0.5, 0.6) is 0 Å². The van der Waals surface area contributed by atoms with Gasteiger partial charge in [-0.3, -0.25) is 4.79 Å². The van der Waals surface area contributed by atoms with Crippen molar-refractivity contribution in [2.75, 3.05) is 12.4 Å². The van der Waals surface area contributed by atoms with Crippen molar-refractivity contribution in [2.24, 2.45) is 11.3 Å². The third kappa shape index (κ3) is 10.1. The van der Waals surface area contributed by atoms with E-state index in [1.165, 1.54) is 69.8 Å². The van der Waals surface area contributed by atoms with Crippen molar-refractivity contribution in [3.63, 3.8) is 0 Å². The number of carbonyl (C=O) groups is 2. The Morgan fingerprint density at radius 3 is 2.14 bits per heavy atom. The summed E-state index contributed by atoms with van der Waals surface area (Å²) in [6.45, 7) is 9.08. The fourth-order valence-electron chi connectivity index (χ4n) is 5.00. The van der Waals surface area contributed by atoms with Crippen LogP contribution in [0.3, 0.4) is 0 Å². The number of unbranched alkanes of at least 4 members (excludes halogenated alkanes) is 10. The summed E-state index contributed by atoms with van der Waals surface area (Å²) in [5.41, 5.74) is 1.87. The van der Waals surface area contributed by atoms with Gasteiger partial charge in [-0.1, -0.05) is 91.9 Å². The van der Waals surface area contributed by atoms with Gasteiger partial charge in [-0.05, 0) is 54.8 Å². The number of anilines is 1. The van der Waals surface area contributed by atoms with Gasteiger partial charge in [0.15, 0.2) is 5.11 Å². The lowest BCUT2D eigenvalue weighted by Crippen LogP contribution is -2.34. The summed E-state index contributed by atoms with van der Waals surface area (Å²) in [6.07, 6.45) is 17.1. The molecule has 0 spiro atoms. The Labute approximate surface area is 228 Å². The molecular weight excluding hydrogens is 488 g/mol. The third-order valence-electron chi connectivity index (χ3n) is 7.37. The molecule has 7 heteroatoms. The van der Waals surface area contributed by atoms with Crippen LogP contribution in [-0.4, -0.2) is 24.1 Å². The summed E-state index contributed by atoms with van der Waals surface area (Å²) in [5.74, 6) is 0.149. The van der Waals surface area contributed by atoms with E-state index in [9.17, 15) is 9.59 Å². The van der Waals surface area contributed by atoms with Crippen molar-refractivity contribution >= 4 is 45.5 Å². The fraction of sp³-hybridized carbons (Fsp3) is 0.759. The lowest BCUT2D eigenvalue weighted by Gasteiger charge is -2.33. The number of fused-ring (bicyclic) bond motifs is 1. The van der Waals surface area contributed by atoms with E-state index in [0.29, 0.717) is 22.9 Å². The van der Waals surface area contributed by atoms with E-state index in [2.05, 4.69) is 38.3 Å². The average Bonchev–Trinajstić information content (AvgIpc) is 3.18. The van der Waals surface area contributed by atoms with Crippen molar-refractivity contribution in [3.05, 3.63) is 16.0 Å². The molecule has 1 aliphatic carbocycles. The summed E-state index contributed by atoms with van der Waals surface area (Å²) in [5, 5.41) is 6.86. The maximum atomic E-state index is 12.6. The second kappa shape index (κ2) is 15.7. The van der Waals surface area contributed by atoms with Crippen molar-refractivity contribution in [2.45, 2.75) is 124 Å². The normalized spacial score (nSPS) is 15.3. The van der Waals surface area contributed by atoms with E-state index in [-0.39, 0.29) is 22.4 Å². The highest BCUT2D eigenvalue weighted by molar-refractivity contribution is 7.80. The third-order valence-corrected chi connectivity index (χ3v) is 8.74. The first-order valence-corrected chi connectivity index (χ1v) is 15.2.